The predicted molar refractivity (Wildman–Crippen MR) is 68.3 cm³/mol. The fourth-order valence-electron chi connectivity index (χ4n) is 2.40. The van der Waals surface area contributed by atoms with E-state index in [0.717, 1.165) is 13.1 Å². The van der Waals surface area contributed by atoms with Crippen molar-refractivity contribution >= 4 is 5.84 Å². The number of ether oxygens (including phenoxy) is 1. The van der Waals surface area contributed by atoms with E-state index in [0.29, 0.717) is 18.6 Å². The van der Waals surface area contributed by atoms with Crippen molar-refractivity contribution in [2.75, 3.05) is 19.7 Å². The summed E-state index contributed by atoms with van der Waals surface area (Å²) in [6.07, 6.45) is 2.24. The normalized spacial score (nSPS) is 24.5. The number of nitrogens with two attached hydrogens (primary N) is 1. The van der Waals surface area contributed by atoms with Crippen LogP contribution in [0.4, 0.5) is 0 Å². The second-order valence-electron chi connectivity index (χ2n) is 5.03. The van der Waals surface area contributed by atoms with Gasteiger partial charge < -0.3 is 15.7 Å². The van der Waals surface area contributed by atoms with Gasteiger partial charge in [-0.15, -0.1) is 0 Å². The van der Waals surface area contributed by atoms with Gasteiger partial charge in [0, 0.05) is 12.6 Å². The molecule has 1 aliphatic rings. The molecule has 1 saturated heterocycles. The average Bonchev–Trinajstić information content (AvgIpc) is 2.76. The minimum absolute atomic E-state index is 0.131. The molecule has 5 heteroatoms. The third-order valence-electron chi connectivity index (χ3n) is 3.46. The fourth-order valence-corrected chi connectivity index (χ4v) is 2.40. The maximum Gasteiger partial charge on any atom is 0.168 e. The molecule has 100 valence electrons. The van der Waals surface area contributed by atoms with Crippen LogP contribution in [0.25, 0.3) is 0 Å². The molecule has 0 radical (unpaired) electrons. The molecule has 1 fully saturated rings. The molecule has 17 heavy (non-hydrogen) atoms. The SMILES string of the molecule is CC(OCCN1CCCC1C(C)C)C(N)=NO. The molecular formula is C12H25N3O2. The van der Waals surface area contributed by atoms with Crippen molar-refractivity contribution in [3.8, 4) is 0 Å². The Morgan fingerprint density at radius 2 is 2.24 bits per heavy atom. The van der Waals surface area contributed by atoms with Gasteiger partial charge in [0.25, 0.3) is 0 Å². The molecule has 0 amide bonds. The summed E-state index contributed by atoms with van der Waals surface area (Å²) in [6, 6.07) is 0.678. The topological polar surface area (TPSA) is 71.1 Å². The van der Waals surface area contributed by atoms with Crippen LogP contribution < -0.4 is 5.73 Å². The molecule has 0 saturated carbocycles. The zero-order chi connectivity index (χ0) is 12.8. The summed E-state index contributed by atoms with van der Waals surface area (Å²) in [4.78, 5) is 2.48. The standard InChI is InChI=1S/C12H25N3O2/c1-9(2)11-5-4-6-15(11)7-8-17-10(3)12(13)14-16/h9-11,16H,4-8H2,1-3H3,(H2,13,14). The van der Waals surface area contributed by atoms with E-state index < -0.39 is 0 Å². The minimum atomic E-state index is -0.319. The van der Waals surface area contributed by atoms with E-state index in [9.17, 15) is 0 Å². The second kappa shape index (κ2) is 6.81. The summed E-state index contributed by atoms with van der Waals surface area (Å²) in [7, 11) is 0. The molecule has 0 spiro atoms. The highest BCUT2D eigenvalue weighted by Gasteiger charge is 2.26. The van der Waals surface area contributed by atoms with Crippen molar-refractivity contribution in [3.63, 3.8) is 0 Å². The molecule has 0 aromatic carbocycles. The summed E-state index contributed by atoms with van der Waals surface area (Å²) in [6.45, 7) is 9.03. The second-order valence-corrected chi connectivity index (χ2v) is 5.03. The van der Waals surface area contributed by atoms with Gasteiger partial charge in [-0.1, -0.05) is 19.0 Å². The molecule has 0 bridgehead atoms. The molecule has 5 nitrogen and oxygen atoms in total. The lowest BCUT2D eigenvalue weighted by Crippen LogP contribution is -2.37. The Morgan fingerprint density at radius 1 is 1.53 bits per heavy atom. The van der Waals surface area contributed by atoms with Crippen LogP contribution >= 0.6 is 0 Å². The number of nitrogens with zero attached hydrogens (tertiary/aromatic N) is 2. The third-order valence-corrected chi connectivity index (χ3v) is 3.46. The highest BCUT2D eigenvalue weighted by atomic mass is 16.5. The lowest BCUT2D eigenvalue weighted by molar-refractivity contribution is 0.0724. The Balaban J connectivity index is 2.26. The van der Waals surface area contributed by atoms with Gasteiger partial charge in [0.15, 0.2) is 5.84 Å². The highest BCUT2D eigenvalue weighted by molar-refractivity contribution is 5.83. The summed E-state index contributed by atoms with van der Waals surface area (Å²) in [5, 5.41) is 11.4. The van der Waals surface area contributed by atoms with Crippen molar-refractivity contribution in [1.82, 2.24) is 4.90 Å². The molecule has 2 atom stereocenters. The van der Waals surface area contributed by atoms with Gasteiger partial charge in [0.05, 0.1) is 6.61 Å². The first-order valence-electron chi connectivity index (χ1n) is 6.39. The molecule has 2 unspecified atom stereocenters. The molecular weight excluding hydrogens is 218 g/mol. The van der Waals surface area contributed by atoms with Crippen molar-refractivity contribution in [2.45, 2.75) is 45.8 Å². The quantitative estimate of drug-likeness (QED) is 0.319. The summed E-state index contributed by atoms with van der Waals surface area (Å²) < 4.78 is 5.53. The zero-order valence-electron chi connectivity index (χ0n) is 11.1. The van der Waals surface area contributed by atoms with Crippen LogP contribution in [0, 0.1) is 5.92 Å². The van der Waals surface area contributed by atoms with Gasteiger partial charge in [-0.05, 0) is 32.2 Å². The average molecular weight is 243 g/mol. The first-order chi connectivity index (χ1) is 8.06. The highest BCUT2D eigenvalue weighted by Crippen LogP contribution is 2.23. The van der Waals surface area contributed by atoms with Crippen LogP contribution in [0.1, 0.15) is 33.6 Å². The molecule has 1 rings (SSSR count). The largest absolute Gasteiger partial charge is 0.409 e. The van der Waals surface area contributed by atoms with Crippen molar-refractivity contribution in [2.24, 2.45) is 16.8 Å². The Bertz CT molecular complexity index is 256. The van der Waals surface area contributed by atoms with Crippen molar-refractivity contribution in [1.29, 1.82) is 0 Å². The molecule has 1 aliphatic heterocycles. The molecule has 0 aliphatic carbocycles. The van der Waals surface area contributed by atoms with Crippen LogP contribution in [0.5, 0.6) is 0 Å². The Kier molecular flexibility index (Phi) is 5.71. The smallest absolute Gasteiger partial charge is 0.168 e. The Hall–Kier alpha value is -0.810. The lowest BCUT2D eigenvalue weighted by Gasteiger charge is -2.27. The molecule has 1 heterocycles. The van der Waals surface area contributed by atoms with Gasteiger partial charge in [0.1, 0.15) is 6.10 Å². The predicted octanol–water partition coefficient (Wildman–Crippen LogP) is 1.26. The number of hydrogen-bond acceptors (Lipinski definition) is 4. The number of oxime groups is 1. The van der Waals surface area contributed by atoms with Crippen LogP contribution in [0.3, 0.4) is 0 Å². The summed E-state index contributed by atoms with van der Waals surface area (Å²) >= 11 is 0. The van der Waals surface area contributed by atoms with Crippen molar-refractivity contribution in [3.05, 3.63) is 0 Å². The fraction of sp³-hybridized carbons (Fsp3) is 0.917. The molecule has 3 N–H and O–H groups in total. The van der Waals surface area contributed by atoms with Crippen molar-refractivity contribution < 1.29 is 9.94 Å². The van der Waals surface area contributed by atoms with E-state index >= 15 is 0 Å². The lowest BCUT2D eigenvalue weighted by atomic mass is 10.0. The third kappa shape index (κ3) is 4.16. The van der Waals surface area contributed by atoms with Gasteiger partial charge in [-0.3, -0.25) is 4.90 Å². The Morgan fingerprint density at radius 3 is 2.82 bits per heavy atom. The van der Waals surface area contributed by atoms with E-state index in [-0.39, 0.29) is 11.9 Å². The maximum atomic E-state index is 8.50. The van der Waals surface area contributed by atoms with Crippen LogP contribution in [-0.4, -0.2) is 47.8 Å². The summed E-state index contributed by atoms with van der Waals surface area (Å²) in [5.41, 5.74) is 5.45. The molecule has 0 aromatic rings. The van der Waals surface area contributed by atoms with Gasteiger partial charge in [-0.2, -0.15) is 0 Å². The van der Waals surface area contributed by atoms with Crippen LogP contribution in [0.2, 0.25) is 0 Å². The first kappa shape index (κ1) is 14.3. The van der Waals surface area contributed by atoms with Gasteiger partial charge >= 0.3 is 0 Å². The van der Waals surface area contributed by atoms with Crippen LogP contribution in [-0.2, 0) is 4.74 Å². The molecule has 0 aromatic heterocycles. The Labute approximate surface area is 104 Å². The number of likely N-dealkylation sites (tertiary alicyclic amines) is 1. The number of hydrogen-bond donors (Lipinski definition) is 2. The number of amidine groups is 1. The maximum absolute atomic E-state index is 8.50. The number of rotatable bonds is 6. The summed E-state index contributed by atoms with van der Waals surface area (Å²) in [5.74, 6) is 0.825. The van der Waals surface area contributed by atoms with Gasteiger partial charge in [-0.25, -0.2) is 0 Å². The van der Waals surface area contributed by atoms with E-state index in [1.165, 1.54) is 12.8 Å². The van der Waals surface area contributed by atoms with Gasteiger partial charge in [0.2, 0.25) is 0 Å². The van der Waals surface area contributed by atoms with Crippen LogP contribution in [0.15, 0.2) is 5.16 Å². The van der Waals surface area contributed by atoms with E-state index in [1.54, 1.807) is 6.92 Å². The van der Waals surface area contributed by atoms with E-state index in [4.69, 9.17) is 15.7 Å². The zero-order valence-corrected chi connectivity index (χ0v) is 11.1. The first-order valence-corrected chi connectivity index (χ1v) is 6.39. The monoisotopic (exact) mass is 243 g/mol. The van der Waals surface area contributed by atoms with E-state index in [2.05, 4.69) is 23.9 Å². The minimum Gasteiger partial charge on any atom is -0.409 e. The van der Waals surface area contributed by atoms with E-state index in [1.807, 2.05) is 0 Å².